The van der Waals surface area contributed by atoms with Crippen LogP contribution >= 0.6 is 11.3 Å². The van der Waals surface area contributed by atoms with Crippen LogP contribution in [0.4, 0.5) is 4.39 Å². The molecule has 1 fully saturated rings. The maximum Gasteiger partial charge on any atom is 0.277 e. The van der Waals surface area contributed by atoms with E-state index < -0.39 is 0 Å². The van der Waals surface area contributed by atoms with E-state index in [1.807, 2.05) is 19.2 Å². The molecule has 4 rings (SSSR count). The molecule has 1 aliphatic heterocycles. The Bertz CT molecular complexity index is 923. The number of carbonyl (C=O) groups is 1. The fraction of sp³-hybridized carbons (Fsp3) is 0.364. The third-order valence-electron chi connectivity index (χ3n) is 5.48. The summed E-state index contributed by atoms with van der Waals surface area (Å²) in [6, 6.07) is 14.9. The molecule has 6 heteroatoms. The number of hydrogen-bond acceptors (Lipinski definition) is 3. The first kappa shape index (κ1) is 19.0. The van der Waals surface area contributed by atoms with Crippen LogP contribution < -0.4 is 4.90 Å². The number of nitrogens with one attached hydrogen (secondary N) is 1. The van der Waals surface area contributed by atoms with Crippen molar-refractivity contribution in [1.82, 2.24) is 9.88 Å². The van der Waals surface area contributed by atoms with Gasteiger partial charge in [0.25, 0.3) is 5.91 Å². The summed E-state index contributed by atoms with van der Waals surface area (Å²) in [6.45, 7) is 1.97. The van der Waals surface area contributed by atoms with Crippen molar-refractivity contribution in [2.75, 3.05) is 20.1 Å². The molecule has 2 heterocycles. The number of benzene rings is 2. The molecule has 0 saturated carbocycles. The molecule has 1 aliphatic rings. The van der Waals surface area contributed by atoms with E-state index in [1.165, 1.54) is 28.2 Å². The minimum Gasteiger partial charge on any atom is -0.337 e. The molecule has 1 aromatic heterocycles. The smallest absolute Gasteiger partial charge is 0.277 e. The third-order valence-corrected chi connectivity index (χ3v) is 6.63. The molecule has 146 valence electrons. The largest absolute Gasteiger partial charge is 0.337 e. The van der Waals surface area contributed by atoms with Gasteiger partial charge in [-0.25, -0.2) is 9.37 Å². The lowest BCUT2D eigenvalue weighted by Gasteiger charge is -2.32. The number of likely N-dealkylation sites (tertiary alicyclic amines) is 1. The lowest BCUT2D eigenvalue weighted by Crippen LogP contribution is -3.14. The van der Waals surface area contributed by atoms with Crippen LogP contribution in [0.15, 0.2) is 48.5 Å². The molecule has 0 radical (unpaired) electrons. The minimum absolute atomic E-state index is 0.118. The van der Waals surface area contributed by atoms with Gasteiger partial charge in [0.2, 0.25) is 0 Å². The quantitative estimate of drug-likeness (QED) is 0.717. The summed E-state index contributed by atoms with van der Waals surface area (Å²) in [5.74, 6) is -0.137. The van der Waals surface area contributed by atoms with E-state index >= 15 is 0 Å². The number of likely N-dealkylation sites (N-methyl/N-ethyl adjacent to an activating group) is 1. The fourth-order valence-corrected chi connectivity index (χ4v) is 5.07. The van der Waals surface area contributed by atoms with Gasteiger partial charge in [0.05, 0.1) is 16.8 Å². The van der Waals surface area contributed by atoms with E-state index in [9.17, 15) is 9.18 Å². The van der Waals surface area contributed by atoms with Crippen LogP contribution in [0, 0.1) is 5.82 Å². The average Bonchev–Trinajstić information content (AvgIpc) is 3.14. The summed E-state index contributed by atoms with van der Waals surface area (Å²) < 4.78 is 14.3. The number of thiazole rings is 1. The zero-order chi connectivity index (χ0) is 19.5. The number of halogens is 1. The first-order valence-electron chi connectivity index (χ1n) is 9.78. The van der Waals surface area contributed by atoms with E-state index in [2.05, 4.69) is 12.1 Å². The molecule has 3 aromatic rings. The lowest BCUT2D eigenvalue weighted by atomic mass is 10.0. The predicted molar refractivity (Wildman–Crippen MR) is 110 cm³/mol. The Morgan fingerprint density at radius 2 is 2.00 bits per heavy atom. The molecule has 4 nitrogen and oxygen atoms in total. The number of aromatic nitrogens is 1. The van der Waals surface area contributed by atoms with Gasteiger partial charge >= 0.3 is 0 Å². The monoisotopic (exact) mass is 398 g/mol. The number of nitrogens with zero attached hydrogens (tertiary/aromatic N) is 2. The van der Waals surface area contributed by atoms with Gasteiger partial charge in [0.15, 0.2) is 11.6 Å². The molecular formula is C22H25FN3OS+. The Kier molecular flexibility index (Phi) is 5.69. The number of amides is 1. The van der Waals surface area contributed by atoms with Crippen LogP contribution in [0.2, 0.25) is 0 Å². The second kappa shape index (κ2) is 8.37. The molecule has 2 aromatic carbocycles. The van der Waals surface area contributed by atoms with Gasteiger partial charge in [-0.15, -0.1) is 11.3 Å². The second-order valence-corrected chi connectivity index (χ2v) is 8.59. The molecule has 1 unspecified atom stereocenters. The molecule has 1 saturated heterocycles. The highest BCUT2D eigenvalue weighted by atomic mass is 32.1. The van der Waals surface area contributed by atoms with Crippen LogP contribution in [0.25, 0.3) is 10.2 Å². The average molecular weight is 399 g/mol. The summed E-state index contributed by atoms with van der Waals surface area (Å²) in [6.07, 6.45) is 3.40. The maximum atomic E-state index is 13.1. The number of para-hydroxylation sites is 1. The van der Waals surface area contributed by atoms with Crippen LogP contribution in [0.3, 0.4) is 0 Å². The summed E-state index contributed by atoms with van der Waals surface area (Å²) in [7, 11) is 1.82. The summed E-state index contributed by atoms with van der Waals surface area (Å²) in [4.78, 5) is 20.7. The van der Waals surface area contributed by atoms with E-state index in [0.29, 0.717) is 13.1 Å². The van der Waals surface area contributed by atoms with E-state index in [4.69, 9.17) is 4.98 Å². The van der Waals surface area contributed by atoms with Gasteiger partial charge in [-0.1, -0.05) is 24.3 Å². The highest BCUT2D eigenvalue weighted by molar-refractivity contribution is 7.18. The highest BCUT2D eigenvalue weighted by Gasteiger charge is 2.32. The molecule has 2 atom stereocenters. The highest BCUT2D eigenvalue weighted by Crippen LogP contribution is 2.28. The summed E-state index contributed by atoms with van der Waals surface area (Å²) >= 11 is 1.75. The van der Waals surface area contributed by atoms with Crippen LogP contribution in [0.1, 0.15) is 35.9 Å². The number of hydrogen-bond donors (Lipinski definition) is 1. The van der Waals surface area contributed by atoms with Crippen LogP contribution in [-0.2, 0) is 11.3 Å². The van der Waals surface area contributed by atoms with Crippen LogP contribution in [0.5, 0.6) is 0 Å². The van der Waals surface area contributed by atoms with Crippen molar-refractivity contribution in [3.05, 3.63) is 64.9 Å². The second-order valence-electron chi connectivity index (χ2n) is 7.53. The van der Waals surface area contributed by atoms with Crippen molar-refractivity contribution in [3.8, 4) is 0 Å². The summed E-state index contributed by atoms with van der Waals surface area (Å²) in [5.41, 5.74) is 1.99. The zero-order valence-corrected chi connectivity index (χ0v) is 16.8. The van der Waals surface area contributed by atoms with Crippen molar-refractivity contribution >= 4 is 27.5 Å². The minimum atomic E-state index is -0.255. The zero-order valence-electron chi connectivity index (χ0n) is 16.0. The summed E-state index contributed by atoms with van der Waals surface area (Å²) in [5, 5.41) is 1.14. The van der Waals surface area contributed by atoms with Gasteiger partial charge in [0.1, 0.15) is 11.9 Å². The van der Waals surface area contributed by atoms with Crippen LogP contribution in [-0.4, -0.2) is 35.9 Å². The topological polar surface area (TPSA) is 37.6 Å². The van der Waals surface area contributed by atoms with E-state index in [1.54, 1.807) is 28.4 Å². The van der Waals surface area contributed by atoms with Gasteiger partial charge < -0.3 is 9.80 Å². The molecule has 0 aliphatic carbocycles. The van der Waals surface area contributed by atoms with Gasteiger partial charge in [-0.2, -0.15) is 0 Å². The first-order chi connectivity index (χ1) is 13.6. The van der Waals surface area contributed by atoms with Crippen molar-refractivity contribution in [1.29, 1.82) is 0 Å². The molecule has 0 spiro atoms. The SMILES string of the molecule is CN(Cc1ccc(F)cc1)C(=O)C[NH+]1CCCC[C@@H]1c1nc2ccccc2s1. The molecule has 1 N–H and O–H groups in total. The normalized spacial score (nSPS) is 19.6. The fourth-order valence-electron chi connectivity index (χ4n) is 3.91. The van der Waals surface area contributed by atoms with Crippen molar-refractivity contribution in [3.63, 3.8) is 0 Å². The molecule has 0 bridgehead atoms. The van der Waals surface area contributed by atoms with Gasteiger partial charge in [-0.05, 0) is 42.7 Å². The van der Waals surface area contributed by atoms with Crippen molar-refractivity contribution in [2.24, 2.45) is 0 Å². The molecular weight excluding hydrogens is 373 g/mol. The third kappa shape index (κ3) is 4.23. The van der Waals surface area contributed by atoms with E-state index in [0.717, 1.165) is 35.5 Å². The Balaban J connectivity index is 1.45. The first-order valence-corrected chi connectivity index (χ1v) is 10.6. The standard InChI is InChI=1S/C22H24FN3OS/c1-25(14-16-9-11-17(23)12-10-16)21(27)15-26-13-5-4-7-19(26)22-24-18-6-2-3-8-20(18)28-22/h2-3,6,8-12,19H,4-5,7,13-15H2,1H3/p+1/t19-/m1/s1. The Labute approximate surface area is 168 Å². The number of piperidine rings is 1. The number of rotatable bonds is 5. The van der Waals surface area contributed by atoms with Crippen molar-refractivity contribution < 1.29 is 14.1 Å². The maximum absolute atomic E-state index is 13.1. The van der Waals surface area contributed by atoms with Crippen molar-refractivity contribution in [2.45, 2.75) is 31.8 Å². The van der Waals surface area contributed by atoms with E-state index in [-0.39, 0.29) is 17.8 Å². The lowest BCUT2D eigenvalue weighted by molar-refractivity contribution is -0.929. The molecule has 1 amide bonds. The predicted octanol–water partition coefficient (Wildman–Crippen LogP) is 3.20. The molecule has 28 heavy (non-hydrogen) atoms. The Morgan fingerprint density at radius 1 is 1.21 bits per heavy atom. The van der Waals surface area contributed by atoms with Gasteiger partial charge in [-0.3, -0.25) is 4.79 Å². The number of carbonyl (C=O) groups excluding carboxylic acids is 1. The van der Waals surface area contributed by atoms with Gasteiger partial charge in [0, 0.05) is 20.0 Å². The Morgan fingerprint density at radius 3 is 2.79 bits per heavy atom. The number of quaternary nitrogens is 1. The number of fused-ring (bicyclic) bond motifs is 1. The Hall–Kier alpha value is -2.31.